The number of fused-ring (bicyclic) bond motifs is 1. The third kappa shape index (κ3) is 7.66. The number of amides is 1. The van der Waals surface area contributed by atoms with E-state index in [2.05, 4.69) is 58.6 Å². The predicted molar refractivity (Wildman–Crippen MR) is 164 cm³/mol. The highest BCUT2D eigenvalue weighted by molar-refractivity contribution is 7.89. The first-order chi connectivity index (χ1) is 18.7. The number of unbranched alkanes of at least 4 members (excludes halogenated alkanes) is 2. The summed E-state index contributed by atoms with van der Waals surface area (Å²) in [5, 5.41) is 0.665. The van der Waals surface area contributed by atoms with Crippen molar-refractivity contribution >= 4 is 42.6 Å². The quantitative estimate of drug-likeness (QED) is 0.208. The van der Waals surface area contributed by atoms with Gasteiger partial charge in [-0.05, 0) is 81.2 Å². The molecule has 7 nitrogen and oxygen atoms in total. The Kier molecular flexibility index (Phi) is 11.5. The van der Waals surface area contributed by atoms with Gasteiger partial charge in [-0.3, -0.25) is 9.69 Å². The number of aryl methyl sites for hydroxylation is 2. The van der Waals surface area contributed by atoms with Crippen molar-refractivity contribution in [3.05, 3.63) is 53.1 Å². The monoisotopic (exact) mass is 572 g/mol. The summed E-state index contributed by atoms with van der Waals surface area (Å²) in [6, 6.07) is 10.6. The van der Waals surface area contributed by atoms with Gasteiger partial charge in [-0.2, -0.15) is 4.31 Å². The number of hydrogen-bond donors (Lipinski definition) is 0. The lowest BCUT2D eigenvalue weighted by Gasteiger charge is -2.25. The van der Waals surface area contributed by atoms with E-state index in [-0.39, 0.29) is 10.8 Å². The highest BCUT2D eigenvalue weighted by Gasteiger charge is 2.26. The normalized spacial score (nSPS) is 12.1. The van der Waals surface area contributed by atoms with Crippen molar-refractivity contribution in [2.24, 2.45) is 0 Å². The molecule has 1 amide bonds. The van der Waals surface area contributed by atoms with Crippen molar-refractivity contribution in [2.75, 3.05) is 44.2 Å². The molecule has 0 unspecified atom stereocenters. The Balaban J connectivity index is 1.93. The van der Waals surface area contributed by atoms with Gasteiger partial charge in [0.2, 0.25) is 10.0 Å². The number of nitrogens with zero attached hydrogens (tertiary/aromatic N) is 4. The van der Waals surface area contributed by atoms with Gasteiger partial charge in [0.25, 0.3) is 5.91 Å². The minimum atomic E-state index is -3.62. The number of likely N-dealkylation sites (N-methyl/N-ethyl adjacent to an activating group) is 1. The topological polar surface area (TPSA) is 73.8 Å². The van der Waals surface area contributed by atoms with Crippen LogP contribution in [0.5, 0.6) is 0 Å². The fourth-order valence-corrected chi connectivity index (χ4v) is 7.20. The van der Waals surface area contributed by atoms with Crippen LogP contribution in [0, 0.1) is 13.8 Å². The van der Waals surface area contributed by atoms with Gasteiger partial charge in [0, 0.05) is 31.7 Å². The third-order valence-electron chi connectivity index (χ3n) is 7.08. The van der Waals surface area contributed by atoms with Gasteiger partial charge in [-0.25, -0.2) is 13.4 Å². The molecule has 9 heteroatoms. The van der Waals surface area contributed by atoms with Crippen LogP contribution < -0.4 is 4.90 Å². The first-order valence-electron chi connectivity index (χ1n) is 14.2. The Labute approximate surface area is 238 Å². The molecule has 3 rings (SSSR count). The second-order valence-corrected chi connectivity index (χ2v) is 13.0. The summed E-state index contributed by atoms with van der Waals surface area (Å²) in [6.07, 6.45) is 3.50. The van der Waals surface area contributed by atoms with E-state index in [0.29, 0.717) is 30.3 Å². The van der Waals surface area contributed by atoms with Gasteiger partial charge >= 0.3 is 0 Å². The van der Waals surface area contributed by atoms with E-state index in [1.807, 2.05) is 0 Å². The Morgan fingerprint density at radius 3 is 2.05 bits per heavy atom. The molecular formula is C30H44N4O3S2. The van der Waals surface area contributed by atoms with Crippen molar-refractivity contribution < 1.29 is 13.2 Å². The minimum Gasteiger partial charge on any atom is -0.302 e. The molecule has 0 atom stereocenters. The van der Waals surface area contributed by atoms with Gasteiger partial charge in [0.15, 0.2) is 5.13 Å². The van der Waals surface area contributed by atoms with E-state index in [9.17, 15) is 13.2 Å². The highest BCUT2D eigenvalue weighted by atomic mass is 32.2. The zero-order chi connectivity index (χ0) is 28.6. The Bertz CT molecular complexity index is 1320. The number of hydrogen-bond acceptors (Lipinski definition) is 6. The standard InChI is InChI=1S/C30H44N4O3S2/c1-7-11-17-33(18-12-8-2)39(36,37)26-15-13-25(14-16-26)29(35)34(20-19-32(9-3)10-4)30-31-27-22-23(5)21-24(6)28(27)38-30/h13-16,21-22H,7-12,17-20H2,1-6H3. The zero-order valence-corrected chi connectivity index (χ0v) is 26.0. The van der Waals surface area contributed by atoms with Crippen LogP contribution in [0.1, 0.15) is 74.9 Å². The Hall–Kier alpha value is -2.33. The minimum absolute atomic E-state index is 0.173. The molecule has 0 spiro atoms. The average molecular weight is 573 g/mol. The fraction of sp³-hybridized carbons (Fsp3) is 0.533. The van der Waals surface area contributed by atoms with Crippen molar-refractivity contribution in [1.29, 1.82) is 0 Å². The zero-order valence-electron chi connectivity index (χ0n) is 24.4. The summed E-state index contributed by atoms with van der Waals surface area (Å²) in [5.74, 6) is -0.173. The molecule has 0 radical (unpaired) electrons. The molecule has 214 valence electrons. The summed E-state index contributed by atoms with van der Waals surface area (Å²) in [5.41, 5.74) is 3.64. The summed E-state index contributed by atoms with van der Waals surface area (Å²) in [4.78, 5) is 23.0. The molecule has 0 aliphatic heterocycles. The van der Waals surface area contributed by atoms with Crippen molar-refractivity contribution in [3.8, 4) is 0 Å². The molecular weight excluding hydrogens is 528 g/mol. The lowest BCUT2D eigenvalue weighted by molar-refractivity contribution is 0.0983. The van der Waals surface area contributed by atoms with Crippen molar-refractivity contribution in [2.45, 2.75) is 72.1 Å². The summed E-state index contributed by atoms with van der Waals surface area (Å²) < 4.78 is 29.5. The molecule has 0 aliphatic rings. The van der Waals surface area contributed by atoms with Crippen LogP contribution in [0.25, 0.3) is 10.2 Å². The molecule has 1 heterocycles. The van der Waals surface area contributed by atoms with E-state index in [4.69, 9.17) is 4.98 Å². The van der Waals surface area contributed by atoms with E-state index in [1.165, 1.54) is 11.3 Å². The van der Waals surface area contributed by atoms with Crippen LogP contribution in [0.4, 0.5) is 5.13 Å². The first-order valence-corrected chi connectivity index (χ1v) is 16.4. The number of carbonyl (C=O) groups excluding carboxylic acids is 1. The number of carbonyl (C=O) groups is 1. The van der Waals surface area contributed by atoms with E-state index in [0.717, 1.165) is 66.7 Å². The maximum Gasteiger partial charge on any atom is 0.260 e. The fourth-order valence-electron chi connectivity index (χ4n) is 4.64. The van der Waals surface area contributed by atoms with Crippen LogP contribution in [-0.2, 0) is 10.0 Å². The smallest absolute Gasteiger partial charge is 0.260 e. The molecule has 0 N–H and O–H groups in total. The maximum atomic E-state index is 13.9. The number of sulfonamides is 1. The van der Waals surface area contributed by atoms with Crippen LogP contribution in [0.15, 0.2) is 41.3 Å². The maximum absolute atomic E-state index is 13.9. The Morgan fingerprint density at radius 2 is 1.49 bits per heavy atom. The molecule has 0 aliphatic carbocycles. The number of anilines is 1. The lowest BCUT2D eigenvalue weighted by Crippen LogP contribution is -2.39. The third-order valence-corrected chi connectivity index (χ3v) is 10.2. The number of thiazole rings is 1. The lowest BCUT2D eigenvalue weighted by atomic mass is 10.1. The van der Waals surface area contributed by atoms with Gasteiger partial charge in [0.05, 0.1) is 15.1 Å². The van der Waals surface area contributed by atoms with Crippen molar-refractivity contribution in [3.63, 3.8) is 0 Å². The predicted octanol–water partition coefficient (Wildman–Crippen LogP) is 6.49. The van der Waals surface area contributed by atoms with Gasteiger partial charge < -0.3 is 4.90 Å². The molecule has 0 bridgehead atoms. The van der Waals surface area contributed by atoms with Gasteiger partial charge in [0.1, 0.15) is 0 Å². The molecule has 3 aromatic rings. The molecule has 0 saturated heterocycles. The van der Waals surface area contributed by atoms with E-state index < -0.39 is 10.0 Å². The first kappa shape index (κ1) is 31.2. The summed E-state index contributed by atoms with van der Waals surface area (Å²) in [7, 11) is -3.62. The molecule has 2 aromatic carbocycles. The van der Waals surface area contributed by atoms with Gasteiger partial charge in [-0.1, -0.05) is 57.9 Å². The number of benzene rings is 2. The molecule has 1 aromatic heterocycles. The molecule has 0 saturated carbocycles. The number of aromatic nitrogens is 1. The summed E-state index contributed by atoms with van der Waals surface area (Å²) >= 11 is 1.53. The SMILES string of the molecule is CCCCN(CCCC)S(=O)(=O)c1ccc(C(=O)N(CCN(CC)CC)c2nc3cc(C)cc(C)c3s2)cc1. The highest BCUT2D eigenvalue weighted by Crippen LogP contribution is 2.33. The second kappa shape index (κ2) is 14.3. The largest absolute Gasteiger partial charge is 0.302 e. The van der Waals surface area contributed by atoms with Crippen LogP contribution >= 0.6 is 11.3 Å². The van der Waals surface area contributed by atoms with E-state index >= 15 is 0 Å². The van der Waals surface area contributed by atoms with Crippen molar-refractivity contribution in [1.82, 2.24) is 14.2 Å². The second-order valence-electron chi connectivity index (χ2n) is 10.0. The number of rotatable bonds is 15. The Morgan fingerprint density at radius 1 is 0.872 bits per heavy atom. The van der Waals surface area contributed by atoms with E-state index in [1.54, 1.807) is 33.5 Å². The summed E-state index contributed by atoms with van der Waals surface area (Å²) in [6.45, 7) is 16.5. The average Bonchev–Trinajstić information content (AvgIpc) is 3.35. The van der Waals surface area contributed by atoms with Crippen LogP contribution in [0.3, 0.4) is 0 Å². The molecule has 39 heavy (non-hydrogen) atoms. The van der Waals surface area contributed by atoms with Gasteiger partial charge in [-0.15, -0.1) is 0 Å². The molecule has 0 fully saturated rings. The van der Waals surface area contributed by atoms with Crippen LogP contribution in [-0.4, -0.2) is 67.8 Å². The van der Waals surface area contributed by atoms with Crippen LogP contribution in [0.2, 0.25) is 0 Å².